The fourth-order valence-electron chi connectivity index (χ4n) is 3.36. The maximum Gasteiger partial charge on any atom is 0.0928 e. The lowest BCUT2D eigenvalue weighted by Crippen LogP contribution is -2.09. The molecule has 4 heteroatoms. The molecule has 0 aliphatic heterocycles. The van der Waals surface area contributed by atoms with E-state index in [0.29, 0.717) is 4.83 Å². The highest BCUT2D eigenvalue weighted by molar-refractivity contribution is 9.11. The number of nitrogens with zero attached hydrogens (tertiary/aromatic N) is 2. The minimum atomic E-state index is 0.251. The number of allylic oxidation sites excluding steroid dienone is 8. The Morgan fingerprint density at radius 2 is 1.65 bits per heavy atom. The van der Waals surface area contributed by atoms with Crippen LogP contribution in [0.3, 0.4) is 0 Å². The number of halogens is 2. The lowest BCUT2D eigenvalue weighted by Gasteiger charge is -2.20. The number of aromatic nitrogens is 2. The third-order valence-corrected chi connectivity index (χ3v) is 6.30. The molecule has 2 atom stereocenters. The number of aryl methyl sites for hydroxylation is 2. The van der Waals surface area contributed by atoms with E-state index < -0.39 is 0 Å². The summed E-state index contributed by atoms with van der Waals surface area (Å²) in [5, 5.41) is 0. The molecular formula is C22H20Br2N2. The van der Waals surface area contributed by atoms with Crippen LogP contribution in [0.15, 0.2) is 53.1 Å². The van der Waals surface area contributed by atoms with Crippen molar-refractivity contribution in [2.45, 2.75) is 37.4 Å². The standard InChI is InChI=1S/C22H20Br2N2/c1-13-11-19-20(12-14(13)2)26-22(16-5-9-18(24)10-6-16)21(25-19)15-3-7-17(23)8-4-15/h3-5,7,9-12,16-17H,6,8H2,1-2H3. The molecule has 2 unspecified atom stereocenters. The van der Waals surface area contributed by atoms with E-state index in [4.69, 9.17) is 9.97 Å². The topological polar surface area (TPSA) is 25.8 Å². The van der Waals surface area contributed by atoms with Gasteiger partial charge >= 0.3 is 0 Å². The second-order valence-corrected chi connectivity index (χ2v) is 9.04. The molecule has 0 saturated heterocycles. The molecule has 2 aliphatic rings. The van der Waals surface area contributed by atoms with Crippen molar-refractivity contribution >= 4 is 48.5 Å². The second-order valence-electron chi connectivity index (χ2n) is 6.94. The van der Waals surface area contributed by atoms with Crippen LogP contribution in [0, 0.1) is 13.8 Å². The Bertz CT molecular complexity index is 999. The zero-order valence-electron chi connectivity index (χ0n) is 14.8. The Balaban J connectivity index is 1.89. The van der Waals surface area contributed by atoms with Gasteiger partial charge in [-0.05, 0) is 55.5 Å². The van der Waals surface area contributed by atoms with Crippen LogP contribution in [0.1, 0.15) is 41.3 Å². The van der Waals surface area contributed by atoms with E-state index in [9.17, 15) is 0 Å². The third kappa shape index (κ3) is 3.49. The molecule has 1 heterocycles. The molecule has 132 valence electrons. The Hall–Kier alpha value is -1.52. The molecule has 0 fully saturated rings. The van der Waals surface area contributed by atoms with Gasteiger partial charge in [0.2, 0.25) is 0 Å². The van der Waals surface area contributed by atoms with Gasteiger partial charge in [-0.25, -0.2) is 9.97 Å². The van der Waals surface area contributed by atoms with Crippen molar-refractivity contribution < 1.29 is 0 Å². The van der Waals surface area contributed by atoms with Gasteiger partial charge in [-0.2, -0.15) is 0 Å². The quantitative estimate of drug-likeness (QED) is 0.456. The van der Waals surface area contributed by atoms with Crippen molar-refractivity contribution in [2.24, 2.45) is 0 Å². The molecule has 0 spiro atoms. The summed E-state index contributed by atoms with van der Waals surface area (Å²) in [5.41, 5.74) is 7.71. The van der Waals surface area contributed by atoms with E-state index in [-0.39, 0.29) is 5.92 Å². The Morgan fingerprint density at radius 1 is 0.923 bits per heavy atom. The lowest BCUT2D eigenvalue weighted by atomic mass is 9.91. The number of benzene rings is 1. The monoisotopic (exact) mass is 470 g/mol. The van der Waals surface area contributed by atoms with Gasteiger partial charge in [-0.15, -0.1) is 0 Å². The fraction of sp³-hybridized carbons (Fsp3) is 0.273. The van der Waals surface area contributed by atoms with Crippen molar-refractivity contribution in [1.29, 1.82) is 0 Å². The van der Waals surface area contributed by atoms with Crippen molar-refractivity contribution in [3.05, 3.63) is 75.6 Å². The van der Waals surface area contributed by atoms with Crippen LogP contribution in [-0.4, -0.2) is 14.8 Å². The van der Waals surface area contributed by atoms with E-state index in [1.807, 2.05) is 0 Å². The molecule has 2 aromatic rings. The van der Waals surface area contributed by atoms with Crippen molar-refractivity contribution in [3.63, 3.8) is 0 Å². The van der Waals surface area contributed by atoms with Gasteiger partial charge in [-0.3, -0.25) is 0 Å². The van der Waals surface area contributed by atoms with Crippen LogP contribution >= 0.6 is 31.9 Å². The van der Waals surface area contributed by atoms with Crippen LogP contribution in [0.2, 0.25) is 0 Å². The fourth-order valence-corrected chi connectivity index (χ4v) is 4.04. The summed E-state index contributed by atoms with van der Waals surface area (Å²) < 4.78 is 1.13. The summed E-state index contributed by atoms with van der Waals surface area (Å²) in [7, 11) is 0. The van der Waals surface area contributed by atoms with E-state index in [2.05, 4.69) is 94.3 Å². The minimum absolute atomic E-state index is 0.251. The third-order valence-electron chi connectivity index (χ3n) is 5.03. The van der Waals surface area contributed by atoms with Crippen molar-refractivity contribution in [2.75, 3.05) is 0 Å². The molecule has 2 nitrogen and oxygen atoms in total. The molecule has 4 rings (SSSR count). The van der Waals surface area contributed by atoms with Gasteiger partial charge in [-0.1, -0.05) is 68.3 Å². The van der Waals surface area contributed by atoms with Gasteiger partial charge < -0.3 is 0 Å². The average molecular weight is 472 g/mol. The SMILES string of the molecule is Cc1cc2nc(C3=CCC(Br)C=C3)c(C3C=CC(Br)=CC3)nc2cc1C. The van der Waals surface area contributed by atoms with E-state index in [1.54, 1.807) is 0 Å². The predicted molar refractivity (Wildman–Crippen MR) is 117 cm³/mol. The summed E-state index contributed by atoms with van der Waals surface area (Å²) in [6, 6.07) is 4.31. The first-order valence-corrected chi connectivity index (χ1v) is 10.6. The molecule has 2 aliphatic carbocycles. The summed E-state index contributed by atoms with van der Waals surface area (Å²) >= 11 is 7.21. The van der Waals surface area contributed by atoms with Crippen LogP contribution in [0.5, 0.6) is 0 Å². The van der Waals surface area contributed by atoms with Gasteiger partial charge in [0.15, 0.2) is 0 Å². The van der Waals surface area contributed by atoms with E-state index >= 15 is 0 Å². The van der Waals surface area contributed by atoms with Gasteiger partial charge in [0, 0.05) is 15.2 Å². The Labute approximate surface area is 171 Å². The molecule has 0 bridgehead atoms. The number of hydrogen-bond acceptors (Lipinski definition) is 2. The molecule has 1 aromatic carbocycles. The molecule has 26 heavy (non-hydrogen) atoms. The smallest absolute Gasteiger partial charge is 0.0928 e. The highest BCUT2D eigenvalue weighted by atomic mass is 79.9. The normalized spacial score (nSPS) is 22.5. The Morgan fingerprint density at radius 3 is 2.27 bits per heavy atom. The molecule has 0 amide bonds. The van der Waals surface area contributed by atoms with Crippen LogP contribution < -0.4 is 0 Å². The first kappa shape index (κ1) is 17.9. The molecule has 0 saturated carbocycles. The number of rotatable bonds is 2. The maximum absolute atomic E-state index is 5.08. The zero-order valence-corrected chi connectivity index (χ0v) is 18.0. The first-order chi connectivity index (χ1) is 12.5. The largest absolute Gasteiger partial charge is 0.248 e. The lowest BCUT2D eigenvalue weighted by molar-refractivity contribution is 0.808. The molecular weight excluding hydrogens is 452 g/mol. The van der Waals surface area contributed by atoms with Crippen molar-refractivity contribution in [3.8, 4) is 0 Å². The Kier molecular flexibility index (Phi) is 4.98. The van der Waals surface area contributed by atoms with Gasteiger partial charge in [0.25, 0.3) is 0 Å². The summed E-state index contributed by atoms with van der Waals surface area (Å²) in [6.07, 6.45) is 15.1. The summed E-state index contributed by atoms with van der Waals surface area (Å²) in [5.74, 6) is 0.251. The molecule has 0 N–H and O–H groups in total. The van der Waals surface area contributed by atoms with E-state index in [1.165, 1.54) is 16.7 Å². The van der Waals surface area contributed by atoms with Crippen LogP contribution in [0.25, 0.3) is 16.6 Å². The zero-order chi connectivity index (χ0) is 18.3. The van der Waals surface area contributed by atoms with Crippen LogP contribution in [-0.2, 0) is 0 Å². The summed E-state index contributed by atoms with van der Waals surface area (Å²) in [4.78, 5) is 10.5. The number of hydrogen-bond donors (Lipinski definition) is 0. The molecule has 1 aromatic heterocycles. The minimum Gasteiger partial charge on any atom is -0.248 e. The van der Waals surface area contributed by atoms with Gasteiger partial charge in [0.1, 0.15) is 0 Å². The molecule has 0 radical (unpaired) electrons. The maximum atomic E-state index is 5.08. The second kappa shape index (κ2) is 7.24. The van der Waals surface area contributed by atoms with E-state index in [0.717, 1.165) is 39.7 Å². The van der Waals surface area contributed by atoms with Gasteiger partial charge in [0.05, 0.1) is 22.4 Å². The predicted octanol–water partition coefficient (Wildman–Crippen LogP) is 6.68. The average Bonchev–Trinajstić information content (AvgIpc) is 2.63. The van der Waals surface area contributed by atoms with Crippen LogP contribution in [0.4, 0.5) is 0 Å². The summed E-state index contributed by atoms with van der Waals surface area (Å²) in [6.45, 7) is 4.26. The highest BCUT2D eigenvalue weighted by Crippen LogP contribution is 2.35. The number of alkyl halides is 1. The highest BCUT2D eigenvalue weighted by Gasteiger charge is 2.21. The first-order valence-electron chi connectivity index (χ1n) is 8.87. The van der Waals surface area contributed by atoms with Crippen molar-refractivity contribution in [1.82, 2.24) is 9.97 Å². The number of fused-ring (bicyclic) bond motifs is 1.